The first-order valence-electron chi connectivity index (χ1n) is 20.1. The molecule has 0 unspecified atom stereocenters. The first kappa shape index (κ1) is 13.4. The van der Waals surface area contributed by atoms with Gasteiger partial charge in [0.2, 0.25) is 0 Å². The summed E-state index contributed by atoms with van der Waals surface area (Å²) in [5, 5.41) is 0. The summed E-state index contributed by atoms with van der Waals surface area (Å²) < 4.78 is 126. The van der Waals surface area contributed by atoms with E-state index in [1.165, 1.54) is 43.2 Å². The van der Waals surface area contributed by atoms with Crippen molar-refractivity contribution in [2.75, 3.05) is 0 Å². The van der Waals surface area contributed by atoms with E-state index < -0.39 is 38.2 Å². The predicted octanol–water partition coefficient (Wildman–Crippen LogP) is 10.5. The molecule has 4 rings (SSSR count). The van der Waals surface area contributed by atoms with Crippen molar-refractivity contribution in [2.24, 2.45) is 0 Å². The van der Waals surface area contributed by atoms with Gasteiger partial charge in [-0.2, -0.15) is 0 Å². The summed E-state index contributed by atoms with van der Waals surface area (Å²) >= 11 is 0. The van der Waals surface area contributed by atoms with Gasteiger partial charge in [-0.3, -0.25) is 0 Å². The number of hydrogen-bond acceptors (Lipinski definition) is 0. The SMILES string of the molecule is Cc1ccccc1C.[2H]C([2H])([2H])c1cccc(C([2H])([2H])[2H])c1C.[2H]c1c([2H])c(C(C)(C)C)c([2H])c([2H])c1C.[2H]c1c([2H])c(C([2H])([2H])[2H])c([2H])c([2H])c1C. The zero-order chi connectivity index (χ0) is 41.8. The second kappa shape index (κ2) is 15.1. The highest BCUT2D eigenvalue weighted by molar-refractivity contribution is 5.31. The molecular formula is C36H48. The molecule has 0 N–H and O–H groups in total. The third-order valence-corrected chi connectivity index (χ3v) is 5.01. The quantitative estimate of drug-likeness (QED) is 0.226. The highest BCUT2D eigenvalue weighted by atomic mass is 14.2. The molecule has 0 radical (unpaired) electrons. The van der Waals surface area contributed by atoms with Crippen LogP contribution in [-0.2, 0) is 5.41 Å². The Morgan fingerprint density at radius 2 is 0.889 bits per heavy atom. The largest absolute Gasteiger partial charge is 0.0626 e. The maximum atomic E-state index is 7.84. The van der Waals surface area contributed by atoms with Crippen molar-refractivity contribution in [3.63, 3.8) is 0 Å². The number of rotatable bonds is 0. The van der Waals surface area contributed by atoms with E-state index in [0.29, 0.717) is 16.7 Å². The molecule has 4 aromatic carbocycles. The minimum Gasteiger partial charge on any atom is -0.0620 e. The molecule has 0 amide bonds. The fourth-order valence-corrected chi connectivity index (χ4v) is 2.42. The van der Waals surface area contributed by atoms with Gasteiger partial charge in [0.1, 0.15) is 0 Å². The van der Waals surface area contributed by atoms with E-state index in [9.17, 15) is 0 Å². The summed E-state index contributed by atoms with van der Waals surface area (Å²) in [6.45, 7) is 7.38. The smallest absolute Gasteiger partial charge is 0.0620 e. The molecule has 192 valence electrons. The second-order valence-corrected chi connectivity index (χ2v) is 9.31. The third-order valence-electron chi connectivity index (χ3n) is 5.01. The molecule has 0 fully saturated rings. The van der Waals surface area contributed by atoms with Crippen molar-refractivity contribution in [3.05, 3.63) is 141 Å². The minimum atomic E-state index is -2.62. The second-order valence-electron chi connectivity index (χ2n) is 9.31. The van der Waals surface area contributed by atoms with Gasteiger partial charge in [-0.05, 0) is 94.0 Å². The molecule has 0 aromatic heterocycles. The van der Waals surface area contributed by atoms with E-state index in [1.807, 2.05) is 20.8 Å². The van der Waals surface area contributed by atoms with Gasteiger partial charge in [-0.15, -0.1) is 0 Å². The fourth-order valence-electron chi connectivity index (χ4n) is 2.42. The average molecular weight is 498 g/mol. The van der Waals surface area contributed by atoms with Crippen molar-refractivity contribution in [3.8, 4) is 0 Å². The molecule has 0 aliphatic carbocycles. The molecular weight excluding hydrogens is 432 g/mol. The number of hydrogen-bond donors (Lipinski definition) is 0. The van der Waals surface area contributed by atoms with Gasteiger partial charge < -0.3 is 0 Å². The summed E-state index contributed by atoms with van der Waals surface area (Å²) in [6, 6.07) is 11.5. The molecule has 0 atom stereocenters. The maximum absolute atomic E-state index is 7.84. The van der Waals surface area contributed by atoms with Crippen LogP contribution >= 0.6 is 0 Å². The molecule has 0 spiro atoms. The molecule has 0 nitrogen and oxygen atoms in total. The van der Waals surface area contributed by atoms with Gasteiger partial charge >= 0.3 is 0 Å². The Morgan fingerprint density at radius 1 is 0.500 bits per heavy atom. The Morgan fingerprint density at radius 3 is 1.25 bits per heavy atom. The van der Waals surface area contributed by atoms with Crippen molar-refractivity contribution in [2.45, 2.75) is 81.4 Å². The molecule has 0 bridgehead atoms. The highest BCUT2D eigenvalue weighted by Crippen LogP contribution is 2.21. The van der Waals surface area contributed by atoms with Gasteiger partial charge in [0, 0.05) is 12.3 Å². The van der Waals surface area contributed by atoms with Crippen LogP contribution in [0.1, 0.15) is 94.1 Å². The Hall–Kier alpha value is -3.12. The van der Waals surface area contributed by atoms with Crippen LogP contribution in [0.2, 0.25) is 0 Å². The highest BCUT2D eigenvalue weighted by Gasteiger charge is 2.11. The zero-order valence-corrected chi connectivity index (χ0v) is 22.5. The fraction of sp³-hybridized carbons (Fsp3) is 0.333. The molecule has 4 aromatic rings. The first-order chi connectivity index (χ1) is 23.8. The lowest BCUT2D eigenvalue weighted by atomic mass is 9.87. The van der Waals surface area contributed by atoms with Gasteiger partial charge in [0.05, 0.1) is 11.0 Å². The third kappa shape index (κ3) is 12.0. The lowest BCUT2D eigenvalue weighted by Crippen LogP contribution is -2.10. The van der Waals surface area contributed by atoms with Crippen LogP contribution < -0.4 is 0 Å². The Bertz CT molecular complexity index is 1700. The van der Waals surface area contributed by atoms with Gasteiger partial charge in [0.25, 0.3) is 0 Å². The van der Waals surface area contributed by atoms with Crippen molar-refractivity contribution < 1.29 is 23.3 Å². The van der Waals surface area contributed by atoms with Crippen LogP contribution in [0.3, 0.4) is 0 Å². The monoisotopic (exact) mass is 497 g/mol. The van der Waals surface area contributed by atoms with Gasteiger partial charge in [-0.1, -0.05) is 128 Å². The van der Waals surface area contributed by atoms with E-state index >= 15 is 0 Å². The molecule has 0 heteroatoms. The standard InChI is InChI=1S/C11H16.C9H12.2C8H10/c1-9-5-7-10(8-6-9)11(2,3)4;1-7-5-4-6-8(2)9(7)3;1-7-3-5-8(2)6-4-7;1-7-5-3-4-6-8(7)2/h5-8H,1-4H3;4-6H,1-3H3;2*3-6H,1-2H3/i5D,6D,7D,8D;1D3,2D3;1D3,3D,4D,5D,6D;. The van der Waals surface area contributed by atoms with E-state index in [1.54, 1.807) is 6.92 Å². The Labute approximate surface area is 246 Å². The first-order valence-corrected chi connectivity index (χ1v) is 11.6. The molecule has 36 heavy (non-hydrogen) atoms. The molecule has 0 heterocycles. The van der Waals surface area contributed by atoms with Crippen LogP contribution in [0.5, 0.6) is 0 Å². The summed E-state index contributed by atoms with van der Waals surface area (Å²) in [7, 11) is 0. The lowest BCUT2D eigenvalue weighted by Gasteiger charge is -2.18. The summed E-state index contributed by atoms with van der Waals surface area (Å²) in [6.07, 6.45) is 0. The Balaban J connectivity index is 0.000000361. The molecule has 0 aliphatic heterocycles. The Kier molecular flexibility index (Phi) is 5.63. The van der Waals surface area contributed by atoms with Crippen LogP contribution in [0, 0.1) is 55.2 Å². The van der Waals surface area contributed by atoms with Crippen LogP contribution in [0.15, 0.2) is 90.8 Å². The topological polar surface area (TPSA) is 0 Å². The molecule has 0 aliphatic rings. The van der Waals surface area contributed by atoms with Crippen LogP contribution in [0.25, 0.3) is 0 Å². The van der Waals surface area contributed by atoms with E-state index in [4.69, 9.17) is 23.3 Å². The summed E-state index contributed by atoms with van der Waals surface area (Å²) in [5.41, 5.74) is 3.47. The number of benzene rings is 4. The molecule has 0 saturated heterocycles. The zero-order valence-electron chi connectivity index (χ0n) is 39.5. The van der Waals surface area contributed by atoms with Crippen molar-refractivity contribution >= 4 is 0 Å². The van der Waals surface area contributed by atoms with Crippen molar-refractivity contribution in [1.82, 2.24) is 0 Å². The van der Waals surface area contributed by atoms with E-state index in [-0.39, 0.29) is 58.4 Å². The number of aryl methyl sites for hydroxylation is 4. The van der Waals surface area contributed by atoms with Crippen LogP contribution in [-0.4, -0.2) is 0 Å². The molecule has 0 saturated carbocycles. The maximum Gasteiger partial charge on any atom is 0.0626 e. The van der Waals surface area contributed by atoms with Gasteiger partial charge in [-0.25, -0.2) is 0 Å². The average Bonchev–Trinajstić information content (AvgIpc) is 3.01. The van der Waals surface area contributed by atoms with Crippen molar-refractivity contribution in [1.29, 1.82) is 0 Å². The van der Waals surface area contributed by atoms with E-state index in [2.05, 4.69) is 38.1 Å². The minimum absolute atomic E-state index is 0.0703. The summed E-state index contributed by atoms with van der Waals surface area (Å²) in [4.78, 5) is 0. The predicted molar refractivity (Wildman–Crippen MR) is 162 cm³/mol. The normalized spacial score (nSPS) is 17.9. The lowest BCUT2D eigenvalue weighted by molar-refractivity contribution is 0.590. The van der Waals surface area contributed by atoms with E-state index in [0.717, 1.165) is 0 Å². The summed E-state index contributed by atoms with van der Waals surface area (Å²) in [5.74, 6) is 0. The van der Waals surface area contributed by atoms with Gasteiger partial charge in [0.15, 0.2) is 0 Å². The van der Waals surface area contributed by atoms with Crippen LogP contribution in [0.4, 0.5) is 0 Å².